The molecule has 0 aliphatic carbocycles. The van der Waals surface area contributed by atoms with E-state index in [1.54, 1.807) is 5.38 Å². The highest BCUT2D eigenvalue weighted by Gasteiger charge is 2.08. The van der Waals surface area contributed by atoms with Gasteiger partial charge in [0, 0.05) is 11.0 Å². The van der Waals surface area contributed by atoms with Gasteiger partial charge in [0.2, 0.25) is 5.91 Å². The number of amides is 1. The molecule has 4 nitrogen and oxygen atoms in total. The molecule has 0 fully saturated rings. The van der Waals surface area contributed by atoms with Crippen LogP contribution in [0.5, 0.6) is 0 Å². The number of rotatable bonds is 3. The molecule has 1 aromatic rings. The Kier molecular flexibility index (Phi) is 2.81. The maximum absolute atomic E-state index is 10.6. The number of thiophene rings is 1. The first-order valence-electron chi connectivity index (χ1n) is 3.39. The zero-order valence-electron chi connectivity index (χ0n) is 6.56. The molecule has 1 rings (SSSR count). The van der Waals surface area contributed by atoms with E-state index in [9.17, 15) is 9.59 Å². The van der Waals surface area contributed by atoms with Crippen LogP contribution in [-0.4, -0.2) is 17.0 Å². The minimum Gasteiger partial charge on any atom is -0.478 e. The van der Waals surface area contributed by atoms with Crippen LogP contribution in [0.3, 0.4) is 0 Å². The Morgan fingerprint density at radius 1 is 1.54 bits per heavy atom. The topological polar surface area (TPSA) is 80.4 Å². The summed E-state index contributed by atoms with van der Waals surface area (Å²) in [6, 6.07) is 1.48. The minimum absolute atomic E-state index is 0.183. The lowest BCUT2D eigenvalue weighted by Gasteiger charge is -1.90. The van der Waals surface area contributed by atoms with Crippen LogP contribution in [0, 0.1) is 0 Å². The van der Waals surface area contributed by atoms with Gasteiger partial charge in [-0.1, -0.05) is 0 Å². The fraction of sp³-hybridized carbons (Fsp3) is 0. The van der Waals surface area contributed by atoms with Gasteiger partial charge in [0.15, 0.2) is 0 Å². The Bertz CT molecular complexity index is 367. The molecule has 5 heteroatoms. The maximum Gasteiger partial charge on any atom is 0.337 e. The Hall–Kier alpha value is -1.62. The van der Waals surface area contributed by atoms with E-state index < -0.39 is 11.9 Å². The van der Waals surface area contributed by atoms with Crippen molar-refractivity contribution < 1.29 is 14.7 Å². The van der Waals surface area contributed by atoms with Gasteiger partial charge in [0.25, 0.3) is 0 Å². The molecule has 0 aliphatic rings. The summed E-state index contributed by atoms with van der Waals surface area (Å²) in [6.45, 7) is 0. The lowest BCUT2D eigenvalue weighted by atomic mass is 10.2. The third-order valence-electron chi connectivity index (χ3n) is 1.32. The summed E-state index contributed by atoms with van der Waals surface area (Å²) in [4.78, 5) is 21.5. The van der Waals surface area contributed by atoms with Crippen molar-refractivity contribution in [3.63, 3.8) is 0 Å². The maximum atomic E-state index is 10.6. The molecule has 0 aliphatic heterocycles. The summed E-state index contributed by atoms with van der Waals surface area (Å²) in [5.74, 6) is -1.60. The Morgan fingerprint density at radius 2 is 2.23 bits per heavy atom. The average molecular weight is 197 g/mol. The predicted octanol–water partition coefficient (Wildman–Crippen LogP) is 0.945. The minimum atomic E-state index is -1.01. The molecule has 0 bridgehead atoms. The molecule has 3 N–H and O–H groups in total. The van der Waals surface area contributed by atoms with E-state index in [1.807, 2.05) is 0 Å². The monoisotopic (exact) mass is 197 g/mol. The SMILES string of the molecule is NC(=O)C=Cc1sccc1C(=O)O. The second-order valence-electron chi connectivity index (χ2n) is 2.24. The third-order valence-corrected chi connectivity index (χ3v) is 2.21. The van der Waals surface area contributed by atoms with E-state index in [4.69, 9.17) is 10.8 Å². The summed E-state index contributed by atoms with van der Waals surface area (Å²) in [5.41, 5.74) is 5.05. The van der Waals surface area contributed by atoms with Crippen LogP contribution >= 0.6 is 11.3 Å². The molecule has 1 heterocycles. The fourth-order valence-corrected chi connectivity index (χ4v) is 1.56. The van der Waals surface area contributed by atoms with Crippen molar-refractivity contribution in [3.05, 3.63) is 28.0 Å². The van der Waals surface area contributed by atoms with Gasteiger partial charge in [0.05, 0.1) is 5.56 Å². The predicted molar refractivity (Wildman–Crippen MR) is 49.5 cm³/mol. The van der Waals surface area contributed by atoms with Crippen molar-refractivity contribution in [2.45, 2.75) is 0 Å². The molecule has 0 spiro atoms. The highest BCUT2D eigenvalue weighted by molar-refractivity contribution is 7.11. The second kappa shape index (κ2) is 3.86. The van der Waals surface area contributed by atoms with Crippen LogP contribution in [-0.2, 0) is 4.79 Å². The van der Waals surface area contributed by atoms with Crippen LogP contribution in [0.2, 0.25) is 0 Å². The summed E-state index contributed by atoms with van der Waals surface area (Å²) < 4.78 is 0. The van der Waals surface area contributed by atoms with Gasteiger partial charge in [-0.05, 0) is 17.5 Å². The number of carboxylic acids is 1. The van der Waals surface area contributed by atoms with Crippen LogP contribution in [0.15, 0.2) is 17.5 Å². The number of carbonyl (C=O) groups excluding carboxylic acids is 1. The van der Waals surface area contributed by atoms with E-state index in [2.05, 4.69) is 0 Å². The molecular weight excluding hydrogens is 190 g/mol. The largest absolute Gasteiger partial charge is 0.478 e. The lowest BCUT2D eigenvalue weighted by Crippen LogP contribution is -2.05. The molecule has 0 aromatic carbocycles. The molecule has 0 atom stereocenters. The van der Waals surface area contributed by atoms with Crippen LogP contribution in [0.4, 0.5) is 0 Å². The molecular formula is C8H7NO3S. The van der Waals surface area contributed by atoms with E-state index in [1.165, 1.54) is 23.5 Å². The van der Waals surface area contributed by atoms with Crippen LogP contribution in [0.1, 0.15) is 15.2 Å². The summed E-state index contributed by atoms with van der Waals surface area (Å²) in [6.07, 6.45) is 2.54. The highest BCUT2D eigenvalue weighted by atomic mass is 32.1. The van der Waals surface area contributed by atoms with Gasteiger partial charge in [-0.15, -0.1) is 11.3 Å². The Labute approximate surface area is 78.3 Å². The molecule has 13 heavy (non-hydrogen) atoms. The van der Waals surface area contributed by atoms with E-state index in [0.29, 0.717) is 4.88 Å². The van der Waals surface area contributed by atoms with E-state index >= 15 is 0 Å². The highest BCUT2D eigenvalue weighted by Crippen LogP contribution is 2.18. The first-order chi connectivity index (χ1) is 6.11. The molecule has 1 aromatic heterocycles. The Morgan fingerprint density at radius 3 is 2.77 bits per heavy atom. The number of hydrogen-bond donors (Lipinski definition) is 2. The number of carboxylic acid groups (broad SMARTS) is 1. The quantitative estimate of drug-likeness (QED) is 0.708. The molecule has 0 saturated heterocycles. The van der Waals surface area contributed by atoms with Crippen LogP contribution in [0.25, 0.3) is 6.08 Å². The van der Waals surface area contributed by atoms with Gasteiger partial charge in [-0.25, -0.2) is 4.79 Å². The number of aromatic carboxylic acids is 1. The second-order valence-corrected chi connectivity index (χ2v) is 3.19. The van der Waals surface area contributed by atoms with Crippen molar-refractivity contribution in [1.82, 2.24) is 0 Å². The molecule has 0 unspecified atom stereocenters. The first-order valence-corrected chi connectivity index (χ1v) is 4.27. The smallest absolute Gasteiger partial charge is 0.337 e. The third kappa shape index (κ3) is 2.41. The van der Waals surface area contributed by atoms with Crippen molar-refractivity contribution in [3.8, 4) is 0 Å². The molecule has 0 saturated carbocycles. The standard InChI is InChI=1S/C8H7NO3S/c9-7(10)2-1-6-5(8(11)12)3-4-13-6/h1-4H,(H2,9,10)(H,11,12). The van der Waals surface area contributed by atoms with Gasteiger partial charge >= 0.3 is 5.97 Å². The molecule has 0 radical (unpaired) electrons. The van der Waals surface area contributed by atoms with Gasteiger partial charge in [-0.3, -0.25) is 4.79 Å². The number of nitrogens with two attached hydrogens (primary N) is 1. The zero-order valence-corrected chi connectivity index (χ0v) is 7.38. The van der Waals surface area contributed by atoms with Gasteiger partial charge in [0.1, 0.15) is 0 Å². The van der Waals surface area contributed by atoms with Gasteiger partial charge < -0.3 is 10.8 Å². The van der Waals surface area contributed by atoms with Crippen molar-refractivity contribution in [2.75, 3.05) is 0 Å². The summed E-state index contributed by atoms with van der Waals surface area (Å²) in [7, 11) is 0. The molecule has 68 valence electrons. The lowest BCUT2D eigenvalue weighted by molar-refractivity contribution is -0.113. The zero-order chi connectivity index (χ0) is 9.84. The first kappa shape index (κ1) is 9.47. The average Bonchev–Trinajstić information content (AvgIpc) is 2.47. The van der Waals surface area contributed by atoms with Gasteiger partial charge in [-0.2, -0.15) is 0 Å². The summed E-state index contributed by atoms with van der Waals surface area (Å²) >= 11 is 1.24. The summed E-state index contributed by atoms with van der Waals surface area (Å²) in [5, 5.41) is 10.3. The van der Waals surface area contributed by atoms with E-state index in [-0.39, 0.29) is 5.56 Å². The van der Waals surface area contributed by atoms with E-state index in [0.717, 1.165) is 6.08 Å². The fourth-order valence-electron chi connectivity index (χ4n) is 0.785. The van der Waals surface area contributed by atoms with Crippen molar-refractivity contribution in [1.29, 1.82) is 0 Å². The Balaban J connectivity index is 2.95. The normalized spacial score (nSPS) is 10.5. The number of carbonyl (C=O) groups is 2. The van der Waals surface area contributed by atoms with Crippen molar-refractivity contribution >= 4 is 29.3 Å². The molecule has 1 amide bonds. The van der Waals surface area contributed by atoms with Crippen molar-refractivity contribution in [2.24, 2.45) is 5.73 Å². The number of hydrogen-bond acceptors (Lipinski definition) is 3. The van der Waals surface area contributed by atoms with Crippen LogP contribution < -0.4 is 5.73 Å². The number of primary amides is 1.